The van der Waals surface area contributed by atoms with E-state index in [9.17, 15) is 15.0 Å². The lowest BCUT2D eigenvalue weighted by Crippen LogP contribution is -2.26. The van der Waals surface area contributed by atoms with Crippen molar-refractivity contribution in [1.29, 1.82) is 0 Å². The van der Waals surface area contributed by atoms with Crippen molar-refractivity contribution in [3.8, 4) is 0 Å². The highest BCUT2D eigenvalue weighted by atomic mass is 32.1. The normalized spacial score (nSPS) is 16.9. The van der Waals surface area contributed by atoms with Gasteiger partial charge in [-0.1, -0.05) is 11.3 Å². The summed E-state index contributed by atoms with van der Waals surface area (Å²) in [6.45, 7) is 0. The highest BCUT2D eigenvalue weighted by Gasteiger charge is 2.28. The molecule has 5 N–H and O–H groups in total. The predicted octanol–water partition coefficient (Wildman–Crippen LogP) is 2.02. The Morgan fingerprint density at radius 2 is 2.15 bits per heavy atom. The fourth-order valence-electron chi connectivity index (χ4n) is 3.78. The van der Waals surface area contributed by atoms with Crippen molar-refractivity contribution >= 4 is 44.1 Å². The van der Waals surface area contributed by atoms with Gasteiger partial charge in [0.25, 0.3) is 0 Å². The molecule has 0 amide bonds. The van der Waals surface area contributed by atoms with Crippen LogP contribution in [0.3, 0.4) is 0 Å². The van der Waals surface area contributed by atoms with Gasteiger partial charge in [-0.3, -0.25) is 4.79 Å². The molecule has 3 heterocycles. The number of rotatable bonds is 3. The van der Waals surface area contributed by atoms with Crippen molar-refractivity contribution in [2.75, 3.05) is 5.32 Å². The van der Waals surface area contributed by atoms with Gasteiger partial charge in [-0.2, -0.15) is 0 Å². The number of aliphatic hydroxyl groups is 2. The van der Waals surface area contributed by atoms with E-state index in [1.54, 1.807) is 0 Å². The van der Waals surface area contributed by atoms with Crippen LogP contribution in [0.25, 0.3) is 21.3 Å². The number of hydrogen-bond acceptors (Lipinski definition) is 7. The van der Waals surface area contributed by atoms with E-state index in [-0.39, 0.29) is 10.8 Å². The first-order valence-electron chi connectivity index (χ1n) is 8.69. The van der Waals surface area contributed by atoms with Crippen molar-refractivity contribution in [1.82, 2.24) is 19.9 Å². The largest absolute Gasteiger partial charge is 0.368 e. The highest BCUT2D eigenvalue weighted by molar-refractivity contribution is 7.16. The minimum Gasteiger partial charge on any atom is -0.368 e. The molecule has 0 radical (unpaired) electrons. The standard InChI is InChI=1S/C18H17N5O3S/c24-17(25)8-1-3-11-10(5-8)14-15(19-7-20-16(14)22-11)21-9-2-4-12-13(6-9)27-18(26)23-12/h2,4,6-8,17,24-25H,1,3,5H2,(H,23,26)(H2,19,20,21,22). The van der Waals surface area contributed by atoms with E-state index >= 15 is 0 Å². The van der Waals surface area contributed by atoms with Crippen LogP contribution >= 0.6 is 11.3 Å². The maximum Gasteiger partial charge on any atom is 0.305 e. The molecule has 1 unspecified atom stereocenters. The summed E-state index contributed by atoms with van der Waals surface area (Å²) in [5.41, 5.74) is 4.47. The van der Waals surface area contributed by atoms with E-state index in [4.69, 9.17) is 0 Å². The van der Waals surface area contributed by atoms with Crippen molar-refractivity contribution < 1.29 is 10.2 Å². The van der Waals surface area contributed by atoms with Crippen molar-refractivity contribution in [2.45, 2.75) is 25.6 Å². The van der Waals surface area contributed by atoms with E-state index in [0.717, 1.165) is 62.4 Å². The van der Waals surface area contributed by atoms with E-state index in [1.165, 1.54) is 6.33 Å². The maximum absolute atomic E-state index is 11.5. The second kappa shape index (κ2) is 6.15. The van der Waals surface area contributed by atoms with Gasteiger partial charge in [0.2, 0.25) is 0 Å². The molecular formula is C18H17N5O3S. The predicted molar refractivity (Wildman–Crippen MR) is 103 cm³/mol. The van der Waals surface area contributed by atoms with Crippen LogP contribution in [-0.2, 0) is 12.8 Å². The summed E-state index contributed by atoms with van der Waals surface area (Å²) in [7, 11) is 0. The summed E-state index contributed by atoms with van der Waals surface area (Å²) in [6.07, 6.45) is 2.20. The Labute approximate surface area is 156 Å². The summed E-state index contributed by atoms with van der Waals surface area (Å²) in [4.78, 5) is 26.3. The van der Waals surface area contributed by atoms with E-state index in [0.29, 0.717) is 12.2 Å². The number of aliphatic hydroxyl groups excluding tert-OH is 1. The summed E-state index contributed by atoms with van der Waals surface area (Å²) in [5.74, 6) is 0.464. The fourth-order valence-corrected chi connectivity index (χ4v) is 4.55. The van der Waals surface area contributed by atoms with Gasteiger partial charge >= 0.3 is 4.87 Å². The first-order valence-corrected chi connectivity index (χ1v) is 9.50. The smallest absolute Gasteiger partial charge is 0.305 e. The molecule has 4 aromatic rings. The zero-order valence-electron chi connectivity index (χ0n) is 14.2. The molecule has 0 saturated heterocycles. The van der Waals surface area contributed by atoms with E-state index < -0.39 is 6.29 Å². The van der Waals surface area contributed by atoms with Crippen LogP contribution in [0.5, 0.6) is 0 Å². The number of aromatic nitrogens is 4. The first kappa shape index (κ1) is 16.4. The third kappa shape index (κ3) is 2.80. The van der Waals surface area contributed by atoms with Gasteiger partial charge in [0.15, 0.2) is 6.29 Å². The maximum atomic E-state index is 11.5. The van der Waals surface area contributed by atoms with Gasteiger partial charge < -0.3 is 25.5 Å². The molecule has 0 bridgehead atoms. The molecule has 1 aliphatic carbocycles. The quantitative estimate of drug-likeness (QED) is 0.345. The molecule has 0 aliphatic heterocycles. The van der Waals surface area contributed by atoms with Crippen molar-refractivity contribution in [3.05, 3.63) is 45.5 Å². The topological polar surface area (TPSA) is 127 Å². The molecule has 0 fully saturated rings. The molecule has 0 saturated carbocycles. The number of H-pyrrole nitrogens is 2. The average molecular weight is 383 g/mol. The Bertz CT molecular complexity index is 1210. The summed E-state index contributed by atoms with van der Waals surface area (Å²) >= 11 is 1.16. The third-order valence-corrected chi connectivity index (χ3v) is 5.96. The monoisotopic (exact) mass is 383 g/mol. The third-order valence-electron chi connectivity index (χ3n) is 5.12. The minimum atomic E-state index is -1.33. The Balaban J connectivity index is 1.58. The summed E-state index contributed by atoms with van der Waals surface area (Å²) in [5, 5.41) is 23.4. The Hall–Kier alpha value is -2.75. The van der Waals surface area contributed by atoms with E-state index in [1.807, 2.05) is 18.2 Å². The number of nitrogens with zero attached hydrogens (tertiary/aromatic N) is 2. The lowest BCUT2D eigenvalue weighted by Gasteiger charge is -2.23. The Morgan fingerprint density at radius 1 is 1.26 bits per heavy atom. The van der Waals surface area contributed by atoms with Crippen LogP contribution in [0.1, 0.15) is 17.7 Å². The Morgan fingerprint density at radius 3 is 3.00 bits per heavy atom. The van der Waals surface area contributed by atoms with Crippen LogP contribution in [0, 0.1) is 5.92 Å². The number of aryl methyl sites for hydroxylation is 1. The van der Waals surface area contributed by atoms with Gasteiger partial charge in [0.1, 0.15) is 17.8 Å². The number of aromatic amines is 2. The molecule has 1 aliphatic rings. The van der Waals surface area contributed by atoms with Gasteiger partial charge in [-0.25, -0.2) is 9.97 Å². The number of hydrogen-bond donors (Lipinski definition) is 5. The van der Waals surface area contributed by atoms with Gasteiger partial charge in [-0.15, -0.1) is 0 Å². The molecule has 3 aromatic heterocycles. The molecule has 138 valence electrons. The zero-order valence-corrected chi connectivity index (χ0v) is 15.0. The second-order valence-corrected chi connectivity index (χ2v) is 7.81. The van der Waals surface area contributed by atoms with Gasteiger partial charge in [0, 0.05) is 17.3 Å². The van der Waals surface area contributed by atoms with Crippen LogP contribution < -0.4 is 10.2 Å². The molecule has 1 aromatic carbocycles. The number of thiazole rings is 1. The fraction of sp³-hybridized carbons (Fsp3) is 0.278. The molecular weight excluding hydrogens is 366 g/mol. The number of nitrogens with one attached hydrogen (secondary N) is 3. The zero-order chi connectivity index (χ0) is 18.5. The Kier molecular flexibility index (Phi) is 3.74. The first-order chi connectivity index (χ1) is 13.1. The molecule has 1 atom stereocenters. The number of benzene rings is 1. The SMILES string of the molecule is O=c1[nH]c2ccc(Nc3ncnc4[nH]c5c(c34)CC(C(O)O)CC5)cc2s1. The van der Waals surface area contributed by atoms with Crippen LogP contribution in [0.2, 0.25) is 0 Å². The second-order valence-electron chi connectivity index (χ2n) is 6.79. The molecule has 9 heteroatoms. The van der Waals surface area contributed by atoms with E-state index in [2.05, 4.69) is 25.3 Å². The van der Waals surface area contributed by atoms with Crippen molar-refractivity contribution in [2.24, 2.45) is 5.92 Å². The lowest BCUT2D eigenvalue weighted by atomic mass is 9.86. The van der Waals surface area contributed by atoms with Crippen molar-refractivity contribution in [3.63, 3.8) is 0 Å². The lowest BCUT2D eigenvalue weighted by molar-refractivity contribution is -0.0868. The van der Waals surface area contributed by atoms with Gasteiger partial charge in [0.05, 0.1) is 15.6 Å². The average Bonchev–Trinajstić information content (AvgIpc) is 3.20. The molecule has 8 nitrogen and oxygen atoms in total. The molecule has 5 rings (SSSR count). The van der Waals surface area contributed by atoms with Crippen LogP contribution in [0.4, 0.5) is 11.5 Å². The number of fused-ring (bicyclic) bond motifs is 4. The molecule has 0 spiro atoms. The van der Waals surface area contributed by atoms with Crippen LogP contribution in [-0.4, -0.2) is 36.4 Å². The highest BCUT2D eigenvalue weighted by Crippen LogP contribution is 2.36. The molecule has 27 heavy (non-hydrogen) atoms. The number of anilines is 2. The minimum absolute atomic E-state index is 0.0834. The summed E-state index contributed by atoms with van der Waals surface area (Å²) < 4.78 is 0.870. The van der Waals surface area contributed by atoms with Gasteiger partial charge in [-0.05, 0) is 43.0 Å². The van der Waals surface area contributed by atoms with Crippen LogP contribution in [0.15, 0.2) is 29.3 Å². The summed E-state index contributed by atoms with van der Waals surface area (Å²) in [6, 6.07) is 5.65.